The number of carboxylic acid groups (broad SMARTS) is 1. The predicted molar refractivity (Wildman–Crippen MR) is 123 cm³/mol. The van der Waals surface area contributed by atoms with Crippen LogP contribution in [-0.2, 0) is 24.2 Å². The maximum atomic E-state index is 14.2. The molecule has 0 amide bonds. The van der Waals surface area contributed by atoms with Crippen LogP contribution in [0.1, 0.15) is 49.0 Å². The number of carboxylic acids is 1. The van der Waals surface area contributed by atoms with Gasteiger partial charge in [-0.3, -0.25) is 9.69 Å². The second kappa shape index (κ2) is 9.83. The number of fused-ring (bicyclic) bond motifs is 1. The molecule has 174 valence electrons. The molecule has 1 fully saturated rings. The Kier molecular flexibility index (Phi) is 6.88. The number of pyridine rings is 1. The fraction of sp³-hybridized carbons (Fsp3) is 0.385. The van der Waals surface area contributed by atoms with E-state index in [9.17, 15) is 23.5 Å². The topological polar surface area (TPSA) is 62.5 Å². The van der Waals surface area contributed by atoms with E-state index in [1.165, 1.54) is 18.2 Å². The number of benzene rings is 2. The molecule has 1 aromatic heterocycles. The van der Waals surface area contributed by atoms with Gasteiger partial charge in [0.2, 0.25) is 0 Å². The molecule has 0 aliphatic carbocycles. The zero-order valence-corrected chi connectivity index (χ0v) is 18.7. The minimum Gasteiger partial charge on any atom is -0.480 e. The van der Waals surface area contributed by atoms with Crippen LogP contribution in [0.15, 0.2) is 47.3 Å². The van der Waals surface area contributed by atoms with Crippen molar-refractivity contribution in [3.63, 3.8) is 0 Å². The summed E-state index contributed by atoms with van der Waals surface area (Å²) in [6.07, 6.45) is 3.01. The lowest BCUT2D eigenvalue weighted by atomic mass is 10.0. The smallest absolute Gasteiger partial charge is 0.326 e. The fourth-order valence-corrected chi connectivity index (χ4v) is 4.77. The van der Waals surface area contributed by atoms with Gasteiger partial charge in [0.1, 0.15) is 6.04 Å². The Bertz CT molecular complexity index is 1230. The molecular weight excluding hydrogens is 426 g/mol. The van der Waals surface area contributed by atoms with Crippen molar-refractivity contribution in [2.24, 2.45) is 0 Å². The summed E-state index contributed by atoms with van der Waals surface area (Å²) in [7, 11) is 0. The van der Waals surface area contributed by atoms with Gasteiger partial charge in [-0.05, 0) is 74.5 Å². The van der Waals surface area contributed by atoms with Crippen LogP contribution in [0.3, 0.4) is 0 Å². The van der Waals surface area contributed by atoms with E-state index in [1.807, 2.05) is 12.1 Å². The molecule has 0 bridgehead atoms. The summed E-state index contributed by atoms with van der Waals surface area (Å²) >= 11 is 0. The van der Waals surface area contributed by atoms with E-state index in [1.54, 1.807) is 17.6 Å². The van der Waals surface area contributed by atoms with E-state index in [0.29, 0.717) is 23.0 Å². The van der Waals surface area contributed by atoms with Gasteiger partial charge in [-0.1, -0.05) is 25.1 Å². The first-order chi connectivity index (χ1) is 15.9. The van der Waals surface area contributed by atoms with E-state index >= 15 is 0 Å². The molecular formula is C26H28F2N2O3. The average molecular weight is 455 g/mol. The Morgan fingerprint density at radius 3 is 2.55 bits per heavy atom. The minimum absolute atomic E-state index is 0.151. The van der Waals surface area contributed by atoms with Gasteiger partial charge in [0.05, 0.1) is 5.52 Å². The highest BCUT2D eigenvalue weighted by Crippen LogP contribution is 2.25. The number of hydrogen-bond donors (Lipinski definition) is 1. The first kappa shape index (κ1) is 23.1. The molecule has 1 aliphatic heterocycles. The molecule has 2 aromatic carbocycles. The highest BCUT2D eigenvalue weighted by molar-refractivity contribution is 5.83. The summed E-state index contributed by atoms with van der Waals surface area (Å²) in [5, 5.41) is 10.4. The van der Waals surface area contributed by atoms with Crippen molar-refractivity contribution in [2.45, 2.75) is 51.6 Å². The summed E-state index contributed by atoms with van der Waals surface area (Å²) in [6.45, 7) is 4.58. The summed E-state index contributed by atoms with van der Waals surface area (Å²) < 4.78 is 29.5. The summed E-state index contributed by atoms with van der Waals surface area (Å²) in [5.41, 5.74) is 2.09. The standard InChI is InChI=1S/C26H28F2N2O3/c1-2-22(26(32)33)30-19(10-9-18-6-5-7-21(27)25(18)28)15-24(31)20-11-8-17(14-23(20)30)16-29-12-3-4-13-29/h5-8,11,14-15,22H,2-4,9-10,12-13,16H2,1H3,(H,32,33). The van der Waals surface area contributed by atoms with Crippen LogP contribution in [0.2, 0.25) is 0 Å². The zero-order valence-electron chi connectivity index (χ0n) is 18.7. The van der Waals surface area contributed by atoms with Gasteiger partial charge in [0.15, 0.2) is 17.1 Å². The summed E-state index contributed by atoms with van der Waals surface area (Å²) in [4.78, 5) is 27.4. The molecule has 5 nitrogen and oxygen atoms in total. The predicted octanol–water partition coefficient (Wildman–Crippen LogP) is 4.70. The molecule has 7 heteroatoms. The lowest BCUT2D eigenvalue weighted by molar-refractivity contribution is -0.140. The normalized spacial score (nSPS) is 15.2. The molecule has 1 N–H and O–H groups in total. The number of rotatable bonds is 8. The Labute approximate surface area is 191 Å². The Morgan fingerprint density at radius 1 is 1.09 bits per heavy atom. The Morgan fingerprint density at radius 2 is 1.85 bits per heavy atom. The van der Waals surface area contributed by atoms with Crippen molar-refractivity contribution in [1.29, 1.82) is 0 Å². The second-order valence-corrected chi connectivity index (χ2v) is 8.68. The van der Waals surface area contributed by atoms with Gasteiger partial charge in [-0.15, -0.1) is 0 Å². The first-order valence-corrected chi connectivity index (χ1v) is 11.4. The molecule has 4 rings (SSSR count). The third-order valence-corrected chi connectivity index (χ3v) is 6.46. The van der Waals surface area contributed by atoms with Crippen molar-refractivity contribution in [3.05, 3.63) is 81.1 Å². The highest BCUT2D eigenvalue weighted by Gasteiger charge is 2.23. The van der Waals surface area contributed by atoms with Crippen molar-refractivity contribution in [2.75, 3.05) is 13.1 Å². The molecule has 0 saturated carbocycles. The number of likely N-dealkylation sites (tertiary alicyclic amines) is 1. The maximum Gasteiger partial charge on any atom is 0.326 e. The van der Waals surface area contributed by atoms with Crippen LogP contribution >= 0.6 is 0 Å². The fourth-order valence-electron chi connectivity index (χ4n) is 4.77. The summed E-state index contributed by atoms with van der Waals surface area (Å²) in [5.74, 6) is -2.83. The van der Waals surface area contributed by atoms with Gasteiger partial charge < -0.3 is 9.67 Å². The number of aryl methyl sites for hydroxylation is 2. The van der Waals surface area contributed by atoms with Crippen molar-refractivity contribution >= 4 is 16.9 Å². The van der Waals surface area contributed by atoms with Crippen molar-refractivity contribution in [3.8, 4) is 0 Å². The first-order valence-electron chi connectivity index (χ1n) is 11.4. The summed E-state index contributed by atoms with van der Waals surface area (Å²) in [6, 6.07) is 10.2. The number of nitrogens with zero attached hydrogens (tertiary/aromatic N) is 2. The molecule has 1 unspecified atom stereocenters. The second-order valence-electron chi connectivity index (χ2n) is 8.68. The maximum absolute atomic E-state index is 14.2. The van der Waals surface area contributed by atoms with E-state index in [-0.39, 0.29) is 23.8 Å². The van der Waals surface area contributed by atoms with Crippen molar-refractivity contribution < 1.29 is 18.7 Å². The van der Waals surface area contributed by atoms with Crippen LogP contribution < -0.4 is 5.43 Å². The molecule has 3 aromatic rings. The van der Waals surface area contributed by atoms with E-state index < -0.39 is 23.6 Å². The van der Waals surface area contributed by atoms with Crippen LogP contribution in [0.5, 0.6) is 0 Å². The van der Waals surface area contributed by atoms with Gasteiger partial charge in [0, 0.05) is 23.7 Å². The van der Waals surface area contributed by atoms with Crippen molar-refractivity contribution in [1.82, 2.24) is 9.47 Å². The number of hydrogen-bond acceptors (Lipinski definition) is 3. The SMILES string of the molecule is CCC(C(=O)O)n1c(CCc2cccc(F)c2F)cc(=O)c2ccc(CN3CCCC3)cc21. The largest absolute Gasteiger partial charge is 0.480 e. The van der Waals surface area contributed by atoms with Crippen LogP contribution in [0.4, 0.5) is 8.78 Å². The highest BCUT2D eigenvalue weighted by atomic mass is 19.2. The number of halogens is 2. The van der Waals surface area contributed by atoms with Gasteiger partial charge in [-0.2, -0.15) is 0 Å². The molecule has 1 aliphatic rings. The van der Waals surface area contributed by atoms with E-state index in [2.05, 4.69) is 4.90 Å². The molecule has 0 spiro atoms. The molecule has 33 heavy (non-hydrogen) atoms. The molecule has 1 saturated heterocycles. The number of carbonyl (C=O) groups is 1. The monoisotopic (exact) mass is 454 g/mol. The zero-order chi connectivity index (χ0) is 23.5. The quantitative estimate of drug-likeness (QED) is 0.536. The third kappa shape index (κ3) is 4.83. The molecule has 1 atom stereocenters. The number of aliphatic carboxylic acids is 1. The lowest BCUT2D eigenvalue weighted by Crippen LogP contribution is -2.25. The third-order valence-electron chi connectivity index (χ3n) is 6.46. The number of aromatic nitrogens is 1. The van der Waals surface area contributed by atoms with Gasteiger partial charge >= 0.3 is 5.97 Å². The van der Waals surface area contributed by atoms with Crippen LogP contribution in [0, 0.1) is 11.6 Å². The Hall–Kier alpha value is -3.06. The van der Waals surface area contributed by atoms with Crippen LogP contribution in [0.25, 0.3) is 10.9 Å². The lowest BCUT2D eigenvalue weighted by Gasteiger charge is -2.23. The van der Waals surface area contributed by atoms with Gasteiger partial charge in [0.25, 0.3) is 0 Å². The van der Waals surface area contributed by atoms with E-state index in [4.69, 9.17) is 0 Å². The molecule has 2 heterocycles. The Balaban J connectivity index is 1.80. The minimum atomic E-state index is -0.995. The van der Waals surface area contributed by atoms with E-state index in [0.717, 1.165) is 44.1 Å². The average Bonchev–Trinajstić information content (AvgIpc) is 3.29. The van der Waals surface area contributed by atoms with Gasteiger partial charge in [-0.25, -0.2) is 13.6 Å². The molecule has 0 radical (unpaired) electrons. The van der Waals surface area contributed by atoms with Crippen LogP contribution in [-0.4, -0.2) is 33.6 Å².